The van der Waals surface area contributed by atoms with Gasteiger partial charge in [0.15, 0.2) is 0 Å². The third-order valence-electron chi connectivity index (χ3n) is 6.34. The van der Waals surface area contributed by atoms with E-state index >= 15 is 0 Å². The van der Waals surface area contributed by atoms with Crippen LogP contribution in [0.2, 0.25) is 0 Å². The number of aryl methyl sites for hydroxylation is 1. The average molecular weight is 584 g/mol. The van der Waals surface area contributed by atoms with Crippen LogP contribution in [0.4, 0.5) is 10.5 Å². The lowest BCUT2D eigenvalue weighted by molar-refractivity contribution is -0.136. The molecule has 0 bridgehead atoms. The van der Waals surface area contributed by atoms with Gasteiger partial charge in [-0.15, -0.1) is 22.9 Å². The molecule has 1 saturated heterocycles. The Morgan fingerprint density at radius 1 is 0.950 bits per heavy atom. The van der Waals surface area contributed by atoms with Gasteiger partial charge in [0, 0.05) is 36.7 Å². The molecule has 0 radical (unpaired) electrons. The highest BCUT2D eigenvalue weighted by atomic mass is 35.5. The summed E-state index contributed by atoms with van der Waals surface area (Å²) in [5.74, 6) is 0.404. The van der Waals surface area contributed by atoms with Crippen molar-refractivity contribution in [1.29, 1.82) is 0 Å². The van der Waals surface area contributed by atoms with Crippen LogP contribution in [0.15, 0.2) is 66.0 Å². The summed E-state index contributed by atoms with van der Waals surface area (Å²) in [4.78, 5) is 45.5. The van der Waals surface area contributed by atoms with Crippen molar-refractivity contribution in [1.82, 2.24) is 9.80 Å². The number of halogens is 1. The first-order valence-electron chi connectivity index (χ1n) is 13.1. The zero-order chi connectivity index (χ0) is 28.9. The molecule has 212 valence electrons. The number of hydrogen-bond donors (Lipinski definition) is 0. The number of hydrogen-bond acceptors (Lipinski definition) is 6. The van der Waals surface area contributed by atoms with Gasteiger partial charge in [-0.2, -0.15) is 0 Å². The molecule has 1 aliphatic rings. The first-order chi connectivity index (χ1) is 19.1. The Bertz CT molecular complexity index is 1320. The minimum absolute atomic E-state index is 0.228. The van der Waals surface area contributed by atoms with Crippen molar-refractivity contribution >= 4 is 46.5 Å². The highest BCUT2D eigenvalue weighted by molar-refractivity contribution is 7.10. The second-order valence-electron chi connectivity index (χ2n) is 10.5. The number of benzene rings is 2. The van der Waals surface area contributed by atoms with Gasteiger partial charge in [0.25, 0.3) is 5.91 Å². The summed E-state index contributed by atoms with van der Waals surface area (Å²) in [7, 11) is 0. The van der Waals surface area contributed by atoms with Crippen molar-refractivity contribution in [2.45, 2.75) is 39.3 Å². The number of nitrogens with zero attached hydrogens (tertiary/aromatic N) is 3. The molecule has 0 spiro atoms. The van der Waals surface area contributed by atoms with Crippen LogP contribution in [0.1, 0.15) is 37.3 Å². The fraction of sp³-hybridized carbons (Fsp3) is 0.367. The second-order valence-corrected chi connectivity index (χ2v) is 11.7. The Balaban J connectivity index is 1.60. The van der Waals surface area contributed by atoms with Crippen LogP contribution in [-0.2, 0) is 14.3 Å². The quantitative estimate of drug-likeness (QED) is 0.308. The maximum absolute atomic E-state index is 14.1. The van der Waals surface area contributed by atoms with Crippen LogP contribution in [0, 0.1) is 6.92 Å². The summed E-state index contributed by atoms with van der Waals surface area (Å²) in [5.41, 5.74) is 0.734. The van der Waals surface area contributed by atoms with E-state index in [1.807, 2.05) is 81.6 Å². The maximum atomic E-state index is 14.1. The zero-order valence-corrected chi connectivity index (χ0v) is 24.7. The number of anilines is 1. The summed E-state index contributed by atoms with van der Waals surface area (Å²) in [6.45, 7) is 8.66. The van der Waals surface area contributed by atoms with Gasteiger partial charge in [0.05, 0.1) is 0 Å². The lowest BCUT2D eigenvalue weighted by atomic mass is 10.1. The molecule has 10 heteroatoms. The van der Waals surface area contributed by atoms with Gasteiger partial charge < -0.3 is 19.3 Å². The molecule has 8 nitrogen and oxygen atoms in total. The molecule has 3 amide bonds. The summed E-state index contributed by atoms with van der Waals surface area (Å²) in [5, 5.41) is 1.88. The summed E-state index contributed by atoms with van der Waals surface area (Å²) < 4.78 is 11.5. The zero-order valence-electron chi connectivity index (χ0n) is 23.1. The Morgan fingerprint density at radius 3 is 2.20 bits per heavy atom. The lowest BCUT2D eigenvalue weighted by Gasteiger charge is -2.39. The normalized spacial score (nSPS) is 14.4. The van der Waals surface area contributed by atoms with Crippen LogP contribution in [0.5, 0.6) is 11.5 Å². The third-order valence-corrected chi connectivity index (χ3v) is 7.49. The molecular weight excluding hydrogens is 550 g/mol. The number of para-hydroxylation sites is 1. The topological polar surface area (TPSA) is 79.4 Å². The minimum atomic E-state index is -0.904. The van der Waals surface area contributed by atoms with Crippen molar-refractivity contribution in [3.63, 3.8) is 0 Å². The van der Waals surface area contributed by atoms with Crippen LogP contribution >= 0.6 is 22.9 Å². The van der Waals surface area contributed by atoms with E-state index in [0.717, 1.165) is 10.4 Å². The highest BCUT2D eigenvalue weighted by Gasteiger charge is 2.38. The summed E-state index contributed by atoms with van der Waals surface area (Å²) >= 11 is 7.50. The summed E-state index contributed by atoms with van der Waals surface area (Å²) in [6.07, 6.45) is -0.401. The molecular formula is C30H34ClN3O5S. The number of amides is 3. The fourth-order valence-corrected chi connectivity index (χ4v) is 5.42. The average Bonchev–Trinajstić information content (AvgIpc) is 3.46. The van der Waals surface area contributed by atoms with Gasteiger partial charge in [-0.05, 0) is 75.0 Å². The molecule has 1 aliphatic heterocycles. The van der Waals surface area contributed by atoms with E-state index in [1.54, 1.807) is 21.9 Å². The SMILES string of the molecule is Cc1cc(Oc2ccccc2)ccc1N(C(=O)CCl)C(C(=O)N1CCN(C(=O)OC(C)(C)C)CC1)c1cccs1. The highest BCUT2D eigenvalue weighted by Crippen LogP contribution is 2.36. The molecule has 4 rings (SSSR count). The van der Waals surface area contributed by atoms with Crippen LogP contribution in [-0.4, -0.2) is 65.4 Å². The van der Waals surface area contributed by atoms with Crippen molar-refractivity contribution in [3.05, 3.63) is 76.5 Å². The Hall–Kier alpha value is -3.56. The van der Waals surface area contributed by atoms with E-state index in [1.165, 1.54) is 16.2 Å². The standard InChI is InChI=1S/C30H34ClN3O5S/c1-21-19-23(38-22-9-6-5-7-10-22)12-13-24(21)34(26(35)20-31)27(25-11-8-18-40-25)28(36)32-14-16-33(17-15-32)29(37)39-30(2,3)4/h5-13,18-19,27H,14-17,20H2,1-4H3. The first-order valence-corrected chi connectivity index (χ1v) is 14.5. The van der Waals surface area contributed by atoms with Crippen molar-refractivity contribution in [3.8, 4) is 11.5 Å². The molecule has 2 heterocycles. The molecule has 1 unspecified atom stereocenters. The molecule has 1 fully saturated rings. The van der Waals surface area contributed by atoms with Gasteiger partial charge in [0.1, 0.15) is 29.0 Å². The molecule has 3 aromatic rings. The minimum Gasteiger partial charge on any atom is -0.457 e. The number of rotatable bonds is 7. The van der Waals surface area contributed by atoms with Crippen LogP contribution < -0.4 is 9.64 Å². The molecule has 0 N–H and O–H groups in total. The largest absolute Gasteiger partial charge is 0.457 e. The van der Waals surface area contributed by atoms with Crippen molar-refractivity contribution in [2.75, 3.05) is 37.0 Å². The number of piperazine rings is 1. The van der Waals surface area contributed by atoms with E-state index in [4.69, 9.17) is 21.1 Å². The van der Waals surface area contributed by atoms with E-state index in [-0.39, 0.29) is 17.7 Å². The molecule has 1 aromatic heterocycles. The second kappa shape index (κ2) is 12.7. The monoisotopic (exact) mass is 583 g/mol. The number of thiophene rings is 1. The molecule has 1 atom stereocenters. The van der Waals surface area contributed by atoms with Gasteiger partial charge in [-0.1, -0.05) is 24.3 Å². The van der Waals surface area contributed by atoms with Gasteiger partial charge in [-0.25, -0.2) is 4.79 Å². The Morgan fingerprint density at radius 2 is 1.62 bits per heavy atom. The molecule has 0 saturated carbocycles. The third kappa shape index (κ3) is 7.14. The van der Waals surface area contributed by atoms with Crippen molar-refractivity contribution in [2.24, 2.45) is 0 Å². The van der Waals surface area contributed by atoms with E-state index in [2.05, 4.69) is 0 Å². The predicted octanol–water partition coefficient (Wildman–Crippen LogP) is 6.24. The molecule has 0 aliphatic carbocycles. The number of carbonyl (C=O) groups is 3. The smallest absolute Gasteiger partial charge is 0.410 e. The number of alkyl halides is 1. The maximum Gasteiger partial charge on any atom is 0.410 e. The molecule has 2 aromatic carbocycles. The van der Waals surface area contributed by atoms with Crippen LogP contribution in [0.25, 0.3) is 0 Å². The number of ether oxygens (including phenoxy) is 2. The van der Waals surface area contributed by atoms with Gasteiger partial charge >= 0.3 is 6.09 Å². The summed E-state index contributed by atoms with van der Waals surface area (Å²) in [6, 6.07) is 17.6. The first kappa shape index (κ1) is 29.4. The van der Waals surface area contributed by atoms with E-state index < -0.39 is 17.7 Å². The van der Waals surface area contributed by atoms with Crippen LogP contribution in [0.3, 0.4) is 0 Å². The van der Waals surface area contributed by atoms with E-state index in [9.17, 15) is 14.4 Å². The Labute approximate surface area is 244 Å². The lowest BCUT2D eigenvalue weighted by Crippen LogP contribution is -2.54. The fourth-order valence-electron chi connectivity index (χ4n) is 4.48. The van der Waals surface area contributed by atoms with E-state index in [0.29, 0.717) is 43.4 Å². The Kier molecular flexibility index (Phi) is 9.37. The van der Waals surface area contributed by atoms with Gasteiger partial charge in [0.2, 0.25) is 5.91 Å². The predicted molar refractivity (Wildman–Crippen MR) is 157 cm³/mol. The van der Waals surface area contributed by atoms with Gasteiger partial charge in [-0.3, -0.25) is 14.5 Å². The van der Waals surface area contributed by atoms with Crippen molar-refractivity contribution < 1.29 is 23.9 Å². The number of carbonyl (C=O) groups excluding carboxylic acids is 3. The molecule has 40 heavy (non-hydrogen) atoms.